The number of amides is 2. The van der Waals surface area contributed by atoms with Gasteiger partial charge in [0.2, 0.25) is 0 Å². The van der Waals surface area contributed by atoms with Gasteiger partial charge in [0.05, 0.1) is 19.3 Å². The van der Waals surface area contributed by atoms with Gasteiger partial charge in [0.25, 0.3) is 11.8 Å². The predicted octanol–water partition coefficient (Wildman–Crippen LogP) is 3.63. The molecule has 2 aliphatic rings. The molecule has 2 amide bonds. The van der Waals surface area contributed by atoms with Crippen molar-refractivity contribution < 1.29 is 19.1 Å². The van der Waals surface area contributed by atoms with Gasteiger partial charge in [0.15, 0.2) is 0 Å². The summed E-state index contributed by atoms with van der Waals surface area (Å²) in [5, 5.41) is 5.11. The van der Waals surface area contributed by atoms with Gasteiger partial charge < -0.3 is 19.7 Å². The van der Waals surface area contributed by atoms with E-state index in [1.165, 1.54) is 0 Å². The molecule has 1 N–H and O–H groups in total. The summed E-state index contributed by atoms with van der Waals surface area (Å²) < 4.78 is 11.1. The van der Waals surface area contributed by atoms with Crippen LogP contribution < -0.4 is 5.32 Å². The molecular formula is C26H26N2O4. The summed E-state index contributed by atoms with van der Waals surface area (Å²) in [4.78, 5) is 26.8. The van der Waals surface area contributed by atoms with Gasteiger partial charge in [-0.2, -0.15) is 0 Å². The van der Waals surface area contributed by atoms with E-state index in [4.69, 9.17) is 9.47 Å². The number of carbonyl (C=O) groups is 2. The highest BCUT2D eigenvalue weighted by molar-refractivity contribution is 6.04. The maximum Gasteiger partial charge on any atom is 0.254 e. The van der Waals surface area contributed by atoms with Gasteiger partial charge in [-0.05, 0) is 58.7 Å². The number of hydrogen-bond acceptors (Lipinski definition) is 4. The van der Waals surface area contributed by atoms with Crippen LogP contribution in [0.1, 0.15) is 33.2 Å². The minimum atomic E-state index is -0.142. The third-order valence-electron chi connectivity index (χ3n) is 6.27. The van der Waals surface area contributed by atoms with Gasteiger partial charge in [-0.1, -0.05) is 30.3 Å². The minimum Gasteiger partial charge on any atom is -0.376 e. The summed E-state index contributed by atoms with van der Waals surface area (Å²) in [6, 6.07) is 17.7. The van der Waals surface area contributed by atoms with Crippen LogP contribution in [0.5, 0.6) is 0 Å². The first kappa shape index (κ1) is 20.7. The molecule has 0 radical (unpaired) electrons. The number of carbonyl (C=O) groups excluding carboxylic acids is 2. The number of nitrogens with zero attached hydrogens (tertiary/aromatic N) is 1. The molecule has 0 bridgehead atoms. The van der Waals surface area contributed by atoms with E-state index in [1.54, 1.807) is 4.90 Å². The zero-order valence-electron chi connectivity index (χ0n) is 18.3. The second-order valence-corrected chi connectivity index (χ2v) is 8.39. The van der Waals surface area contributed by atoms with Crippen LogP contribution in [-0.4, -0.2) is 55.7 Å². The number of nitrogens with one attached hydrogen (secondary N) is 1. The zero-order valence-corrected chi connectivity index (χ0v) is 18.3. The van der Waals surface area contributed by atoms with Crippen molar-refractivity contribution in [3.05, 3.63) is 71.3 Å². The number of fused-ring (bicyclic) bond motifs is 2. The fourth-order valence-electron chi connectivity index (χ4n) is 4.61. The van der Waals surface area contributed by atoms with Gasteiger partial charge in [-0.25, -0.2) is 0 Å². The summed E-state index contributed by atoms with van der Waals surface area (Å²) in [6.07, 6.45) is -0.109. The van der Waals surface area contributed by atoms with Crippen molar-refractivity contribution in [2.45, 2.75) is 25.6 Å². The van der Waals surface area contributed by atoms with Crippen LogP contribution in [0.15, 0.2) is 54.6 Å². The Kier molecular flexibility index (Phi) is 5.41. The van der Waals surface area contributed by atoms with Crippen molar-refractivity contribution in [1.29, 1.82) is 0 Å². The first-order chi connectivity index (χ1) is 15.5. The second-order valence-electron chi connectivity index (χ2n) is 8.39. The fourth-order valence-corrected chi connectivity index (χ4v) is 4.61. The maximum absolute atomic E-state index is 12.9. The maximum atomic E-state index is 12.9. The molecule has 1 fully saturated rings. The van der Waals surface area contributed by atoms with E-state index in [9.17, 15) is 9.59 Å². The third-order valence-corrected chi connectivity index (χ3v) is 6.27. The largest absolute Gasteiger partial charge is 0.376 e. The van der Waals surface area contributed by atoms with Crippen molar-refractivity contribution in [3.63, 3.8) is 0 Å². The Morgan fingerprint density at radius 1 is 1.12 bits per heavy atom. The molecule has 0 saturated carbocycles. The SMILES string of the molecule is CCO[C@H]1COC[C@@H]1NC(=O)c1ccc2c(-c3ccc4c(c3)CN(C)C4=O)cccc2c1. The van der Waals surface area contributed by atoms with Crippen molar-refractivity contribution >= 4 is 22.6 Å². The summed E-state index contributed by atoms with van der Waals surface area (Å²) in [5.41, 5.74) is 4.58. The van der Waals surface area contributed by atoms with Crippen molar-refractivity contribution in [1.82, 2.24) is 10.2 Å². The third kappa shape index (κ3) is 3.66. The van der Waals surface area contributed by atoms with Crippen LogP contribution in [0.25, 0.3) is 21.9 Å². The lowest BCUT2D eigenvalue weighted by Crippen LogP contribution is -2.43. The Hall–Kier alpha value is -3.22. The van der Waals surface area contributed by atoms with E-state index in [2.05, 4.69) is 17.4 Å². The number of hydrogen-bond donors (Lipinski definition) is 1. The second kappa shape index (κ2) is 8.37. The molecule has 5 rings (SSSR count). The normalized spacial score (nSPS) is 20.1. The highest BCUT2D eigenvalue weighted by Gasteiger charge is 2.30. The fraction of sp³-hybridized carbons (Fsp3) is 0.308. The molecule has 3 aromatic rings. The van der Waals surface area contributed by atoms with Crippen LogP contribution in [0.3, 0.4) is 0 Å². The molecule has 1 saturated heterocycles. The quantitative estimate of drug-likeness (QED) is 0.671. The van der Waals surface area contributed by atoms with E-state index in [-0.39, 0.29) is 24.0 Å². The Morgan fingerprint density at radius 2 is 2.00 bits per heavy atom. The predicted molar refractivity (Wildman–Crippen MR) is 123 cm³/mol. The molecule has 0 aromatic heterocycles. The molecule has 2 heterocycles. The van der Waals surface area contributed by atoms with E-state index >= 15 is 0 Å². The molecule has 6 nitrogen and oxygen atoms in total. The molecule has 3 aromatic carbocycles. The van der Waals surface area contributed by atoms with Gasteiger partial charge in [0, 0.05) is 31.3 Å². The van der Waals surface area contributed by atoms with Crippen molar-refractivity contribution in [2.24, 2.45) is 0 Å². The Bertz CT molecular complexity index is 1210. The molecule has 0 aliphatic carbocycles. The van der Waals surface area contributed by atoms with Gasteiger partial charge >= 0.3 is 0 Å². The van der Waals surface area contributed by atoms with Gasteiger partial charge in [-0.3, -0.25) is 9.59 Å². The van der Waals surface area contributed by atoms with Crippen LogP contribution in [-0.2, 0) is 16.0 Å². The number of rotatable bonds is 5. The average Bonchev–Trinajstić information content (AvgIpc) is 3.36. The summed E-state index contributed by atoms with van der Waals surface area (Å²) in [6.45, 7) is 4.12. The van der Waals surface area contributed by atoms with E-state index < -0.39 is 0 Å². The molecule has 164 valence electrons. The number of benzene rings is 3. The molecule has 2 aliphatic heterocycles. The number of ether oxygens (including phenoxy) is 2. The monoisotopic (exact) mass is 430 g/mol. The lowest BCUT2D eigenvalue weighted by molar-refractivity contribution is 0.0402. The summed E-state index contributed by atoms with van der Waals surface area (Å²) in [5.74, 6) is -0.0593. The Morgan fingerprint density at radius 3 is 2.84 bits per heavy atom. The highest BCUT2D eigenvalue weighted by Crippen LogP contribution is 2.32. The molecule has 0 spiro atoms. The standard InChI is InChI=1S/C26H26N2O4/c1-3-32-24-15-31-14-23(24)27-25(29)18-8-9-21-16(11-18)5-4-6-20(21)17-7-10-22-19(12-17)13-28(2)26(22)30/h4-12,23-24H,3,13-15H2,1-2H3,(H,27,29)/t23-,24-/m0/s1. The topological polar surface area (TPSA) is 67.9 Å². The molecule has 2 atom stereocenters. The van der Waals surface area contributed by atoms with E-state index in [1.807, 2.05) is 56.4 Å². The smallest absolute Gasteiger partial charge is 0.254 e. The Balaban J connectivity index is 1.43. The average molecular weight is 431 g/mol. The molecule has 6 heteroatoms. The first-order valence-electron chi connectivity index (χ1n) is 11.0. The van der Waals surface area contributed by atoms with Crippen LogP contribution in [0.4, 0.5) is 0 Å². The lowest BCUT2D eigenvalue weighted by Gasteiger charge is -2.19. The zero-order chi connectivity index (χ0) is 22.2. The first-order valence-corrected chi connectivity index (χ1v) is 11.0. The van der Waals surface area contributed by atoms with E-state index in [0.29, 0.717) is 31.9 Å². The van der Waals surface area contributed by atoms with Gasteiger partial charge in [0.1, 0.15) is 6.10 Å². The minimum absolute atomic E-state index is 0.0689. The lowest BCUT2D eigenvalue weighted by atomic mass is 9.94. The summed E-state index contributed by atoms with van der Waals surface area (Å²) >= 11 is 0. The van der Waals surface area contributed by atoms with Crippen molar-refractivity contribution in [2.75, 3.05) is 26.9 Å². The van der Waals surface area contributed by atoms with Crippen molar-refractivity contribution in [3.8, 4) is 11.1 Å². The highest BCUT2D eigenvalue weighted by atomic mass is 16.5. The van der Waals surface area contributed by atoms with Crippen LogP contribution >= 0.6 is 0 Å². The van der Waals surface area contributed by atoms with E-state index in [0.717, 1.165) is 33.0 Å². The van der Waals surface area contributed by atoms with Gasteiger partial charge in [-0.15, -0.1) is 0 Å². The molecule has 0 unspecified atom stereocenters. The van der Waals surface area contributed by atoms with Crippen LogP contribution in [0, 0.1) is 0 Å². The van der Waals surface area contributed by atoms with Crippen LogP contribution in [0.2, 0.25) is 0 Å². The molecular weight excluding hydrogens is 404 g/mol. The molecule has 32 heavy (non-hydrogen) atoms. The summed E-state index contributed by atoms with van der Waals surface area (Å²) in [7, 11) is 1.82. The Labute approximate surface area is 187 Å².